The van der Waals surface area contributed by atoms with Gasteiger partial charge in [-0.1, -0.05) is 132 Å². The Labute approximate surface area is 506 Å². The van der Waals surface area contributed by atoms with E-state index in [0.717, 1.165) is 19.3 Å². The molecule has 1 heterocycles. The van der Waals surface area contributed by atoms with Crippen molar-refractivity contribution in [2.75, 3.05) is 19.6 Å². The van der Waals surface area contributed by atoms with Crippen LogP contribution in [0.25, 0.3) is 0 Å². The lowest BCUT2D eigenvalue weighted by atomic mass is 9.96. The maximum absolute atomic E-state index is 14.6. The highest BCUT2D eigenvalue weighted by Crippen LogP contribution is 2.22. The summed E-state index contributed by atoms with van der Waals surface area (Å²) in [5, 5.41) is 34.8. The Kier molecular flexibility index (Phi) is 38.6. The lowest BCUT2D eigenvalue weighted by Crippen LogP contribution is -2.61. The van der Waals surface area contributed by atoms with E-state index in [1.165, 1.54) is 76.5 Å². The van der Waals surface area contributed by atoms with Gasteiger partial charge in [0.05, 0.1) is 6.42 Å². The van der Waals surface area contributed by atoms with Crippen LogP contribution in [-0.2, 0) is 47.9 Å². The minimum absolute atomic E-state index is 0.0524. The number of unbranched alkanes of at least 4 members (excludes halogenated alkanes) is 12. The molecular formula is C59H112N16O10. The summed E-state index contributed by atoms with van der Waals surface area (Å²) in [6, 6.07) is -9.74. The maximum Gasteiger partial charge on any atom is 0.245 e. The first kappa shape index (κ1) is 76.9. The van der Waals surface area contributed by atoms with Crippen molar-refractivity contribution in [3.63, 3.8) is 0 Å². The molecule has 1 fully saturated rings. The van der Waals surface area contributed by atoms with Crippen molar-refractivity contribution in [3.8, 4) is 0 Å². The molecule has 85 heavy (non-hydrogen) atoms. The number of carbonyl (C=O) groups excluding carboxylic acids is 10. The average Bonchev–Trinajstić information content (AvgIpc) is 3.78. The van der Waals surface area contributed by atoms with Crippen LogP contribution in [0.15, 0.2) is 0 Å². The van der Waals surface area contributed by atoms with Gasteiger partial charge in [0, 0.05) is 25.6 Å². The van der Waals surface area contributed by atoms with Crippen LogP contribution >= 0.6 is 0 Å². The van der Waals surface area contributed by atoms with Crippen molar-refractivity contribution in [1.29, 1.82) is 5.41 Å². The van der Waals surface area contributed by atoms with E-state index in [1.807, 2.05) is 13.8 Å². The minimum atomic E-state index is -1.52. The fourth-order valence-electron chi connectivity index (χ4n) is 9.94. The molecule has 0 saturated carbocycles. The number of rotatable bonds is 45. The fourth-order valence-corrected chi connectivity index (χ4v) is 9.94. The van der Waals surface area contributed by atoms with Crippen molar-refractivity contribution in [2.45, 2.75) is 271 Å². The number of hydrogen-bond donors (Lipinski definition) is 15. The monoisotopic (exact) mass is 1200 g/mol. The lowest BCUT2D eigenvalue weighted by Gasteiger charge is -2.32. The summed E-state index contributed by atoms with van der Waals surface area (Å²) in [5.74, 6) is -8.23. The largest absolute Gasteiger partial charge is 0.370 e. The molecule has 0 aliphatic carbocycles. The number of nitrogens with two attached hydrogens (primary N) is 4. The van der Waals surface area contributed by atoms with Gasteiger partial charge in [0.15, 0.2) is 5.96 Å². The van der Waals surface area contributed by atoms with E-state index < -0.39 is 126 Å². The second-order valence-corrected chi connectivity index (χ2v) is 23.8. The topological polar surface area (TPSA) is 422 Å². The molecule has 10 amide bonds. The summed E-state index contributed by atoms with van der Waals surface area (Å²) in [4.78, 5) is 137. The number of amides is 10. The molecule has 19 N–H and O–H groups in total. The van der Waals surface area contributed by atoms with Gasteiger partial charge in [0.1, 0.15) is 54.6 Å². The number of likely N-dealkylation sites (tertiary alicyclic amines) is 1. The molecule has 26 nitrogen and oxygen atoms in total. The van der Waals surface area contributed by atoms with Gasteiger partial charge < -0.3 is 75.7 Å². The molecule has 10 atom stereocenters. The zero-order valence-corrected chi connectivity index (χ0v) is 53.0. The van der Waals surface area contributed by atoms with Crippen molar-refractivity contribution in [3.05, 3.63) is 0 Å². The quantitative estimate of drug-likeness (QED) is 0.0178. The van der Waals surface area contributed by atoms with Crippen LogP contribution < -0.4 is 76.1 Å². The van der Waals surface area contributed by atoms with Gasteiger partial charge in [-0.05, 0) is 90.0 Å². The fraction of sp³-hybridized carbons (Fsp3) is 0.814. The second-order valence-electron chi connectivity index (χ2n) is 23.8. The molecule has 0 aromatic carbocycles. The van der Waals surface area contributed by atoms with E-state index in [9.17, 15) is 47.9 Å². The van der Waals surface area contributed by atoms with Gasteiger partial charge in [-0.25, -0.2) is 0 Å². The zero-order chi connectivity index (χ0) is 64.2. The van der Waals surface area contributed by atoms with Crippen LogP contribution in [0.1, 0.15) is 210 Å². The van der Waals surface area contributed by atoms with Crippen LogP contribution in [0, 0.1) is 23.2 Å². The highest BCUT2D eigenvalue weighted by Gasteiger charge is 2.41. The Balaban J connectivity index is 3.11. The number of guanidine groups is 1. The van der Waals surface area contributed by atoms with Crippen LogP contribution in [0.3, 0.4) is 0 Å². The first-order valence-corrected chi connectivity index (χ1v) is 31.5. The molecule has 0 spiro atoms. The van der Waals surface area contributed by atoms with Gasteiger partial charge in [-0.3, -0.25) is 58.7 Å². The van der Waals surface area contributed by atoms with E-state index in [0.29, 0.717) is 38.6 Å². The SMILES string of the molecule is CCCCCCCCCCCCCCCC(=O)N[C@H](C(=O)N[C@H](C(=O)N[C@@H](CCCNC(=N)N)C(=O)N1CCC[C@H]1C(=O)N[C@H](C(=O)N[C@@H](C)C(=O)N[C@@H](CC(N)=O)C(=O)N[C@@H](C)C(=O)N[C@H](C)CCCNC(N)N)C(C)C)C(C)C)[C@@H](C)CC. The highest BCUT2D eigenvalue weighted by molar-refractivity contribution is 5.99. The van der Waals surface area contributed by atoms with Crippen molar-refractivity contribution >= 4 is 65.0 Å². The lowest BCUT2D eigenvalue weighted by molar-refractivity contribution is -0.143. The first-order chi connectivity index (χ1) is 40.1. The highest BCUT2D eigenvalue weighted by atomic mass is 16.2. The van der Waals surface area contributed by atoms with E-state index in [4.69, 9.17) is 28.3 Å². The summed E-state index contributed by atoms with van der Waals surface area (Å²) >= 11 is 0. The summed E-state index contributed by atoms with van der Waals surface area (Å²) < 4.78 is 0. The maximum atomic E-state index is 14.6. The summed E-state index contributed by atoms with van der Waals surface area (Å²) in [7, 11) is 0. The van der Waals surface area contributed by atoms with Gasteiger partial charge in [0.25, 0.3) is 0 Å². The minimum Gasteiger partial charge on any atom is -0.370 e. The van der Waals surface area contributed by atoms with Crippen molar-refractivity contribution in [1.82, 2.24) is 58.1 Å². The molecule has 26 heteroatoms. The molecule has 0 aromatic heterocycles. The Morgan fingerprint density at radius 3 is 1.55 bits per heavy atom. The molecule has 0 radical (unpaired) electrons. The molecule has 1 rings (SSSR count). The predicted molar refractivity (Wildman–Crippen MR) is 329 cm³/mol. The van der Waals surface area contributed by atoms with Crippen LogP contribution in [0.2, 0.25) is 0 Å². The number of primary amides is 1. The van der Waals surface area contributed by atoms with E-state index >= 15 is 0 Å². The molecule has 1 saturated heterocycles. The summed E-state index contributed by atoms with van der Waals surface area (Å²) in [6.45, 7) is 18.2. The Hall–Kier alpha value is -6.15. The summed E-state index contributed by atoms with van der Waals surface area (Å²) in [6.07, 6.45) is 17.0. The third-order valence-electron chi connectivity index (χ3n) is 15.4. The number of carbonyl (C=O) groups is 10. The average molecular weight is 1210 g/mol. The van der Waals surface area contributed by atoms with Gasteiger partial charge in [0.2, 0.25) is 59.1 Å². The predicted octanol–water partition coefficient (Wildman–Crippen LogP) is 1.46. The van der Waals surface area contributed by atoms with Gasteiger partial charge in [-0.15, -0.1) is 0 Å². The third-order valence-corrected chi connectivity index (χ3v) is 15.4. The molecular weight excluding hydrogens is 1090 g/mol. The van der Waals surface area contributed by atoms with E-state index in [1.54, 1.807) is 34.6 Å². The Bertz CT molecular complexity index is 2100. The van der Waals surface area contributed by atoms with E-state index in [-0.39, 0.29) is 62.6 Å². The molecule has 0 unspecified atom stereocenters. The second kappa shape index (κ2) is 42.6. The van der Waals surface area contributed by atoms with E-state index in [2.05, 4.69) is 60.1 Å². The smallest absolute Gasteiger partial charge is 0.245 e. The number of nitrogens with zero attached hydrogens (tertiary/aromatic N) is 1. The number of nitrogens with one attached hydrogen (secondary N) is 11. The van der Waals surface area contributed by atoms with Crippen molar-refractivity contribution < 1.29 is 47.9 Å². The number of hydrogen-bond acceptors (Lipinski definition) is 14. The van der Waals surface area contributed by atoms with Gasteiger partial charge in [-0.2, -0.15) is 0 Å². The standard InChI is InChI=1S/C59H112N16O10/c1-11-13-14-15-16-17-18-19-20-21-22-23-24-31-46(77)72-49(38(7)12-2)56(84)74-48(37(5)6)55(83)70-42(29-26-33-66-59(63)64)57(85)75-34-27-30-44(75)53(81)73-47(36(3)4)54(82)69-41(10)51(79)71-43(35-45(60)76)52(80)68-40(9)50(78)67-39(8)28-25-32-65-58(61)62/h36-44,47-49,58,65H,11-35,61-62H2,1-10H3,(H2,60,76)(H,67,78)(H,68,80)(H,69,82)(H,70,83)(H,71,79)(H,72,77)(H,73,81)(H,74,84)(H4,63,64,66)/t38-,39+,40-,41-,42-,43-,44-,47-,48-,49-/m0/s1. The molecule has 488 valence electrons. The van der Waals surface area contributed by atoms with Crippen LogP contribution in [-0.4, -0.2) is 150 Å². The molecule has 1 aliphatic rings. The zero-order valence-electron chi connectivity index (χ0n) is 53.0. The normalized spacial score (nSPS) is 16.4. The molecule has 0 aromatic rings. The molecule has 1 aliphatic heterocycles. The Morgan fingerprint density at radius 1 is 0.529 bits per heavy atom. The Morgan fingerprint density at radius 2 is 1.02 bits per heavy atom. The first-order valence-electron chi connectivity index (χ1n) is 31.5. The summed E-state index contributed by atoms with van der Waals surface area (Å²) in [5.41, 5.74) is 21.9. The van der Waals surface area contributed by atoms with Crippen molar-refractivity contribution in [2.24, 2.45) is 40.7 Å². The third kappa shape index (κ3) is 31.7. The van der Waals surface area contributed by atoms with Crippen LogP contribution in [0.5, 0.6) is 0 Å². The van der Waals surface area contributed by atoms with Gasteiger partial charge >= 0.3 is 0 Å². The van der Waals surface area contributed by atoms with Crippen LogP contribution in [0.4, 0.5) is 0 Å². The molecule has 0 bridgehead atoms.